The molecule has 2 aromatic carbocycles. The molecule has 0 fully saturated rings. The van der Waals surface area contributed by atoms with Gasteiger partial charge in [-0.05, 0) is 23.3 Å². The van der Waals surface area contributed by atoms with Crippen LogP contribution in [0.3, 0.4) is 0 Å². The van der Waals surface area contributed by atoms with E-state index in [9.17, 15) is 45.5 Å². The van der Waals surface area contributed by atoms with Gasteiger partial charge in [-0.25, -0.2) is 19.2 Å². The van der Waals surface area contributed by atoms with Crippen LogP contribution in [0.25, 0.3) is 0 Å². The summed E-state index contributed by atoms with van der Waals surface area (Å²) in [4.78, 5) is 47.6. The Balaban J connectivity index is 2.23. The molecule has 6 nitrogen and oxygen atoms in total. The summed E-state index contributed by atoms with van der Waals surface area (Å²) in [5.41, 5.74) is -12.4. The van der Waals surface area contributed by atoms with Gasteiger partial charge >= 0.3 is 36.2 Å². The highest BCUT2D eigenvalue weighted by Crippen LogP contribution is 2.58. The third kappa shape index (κ3) is 2.53. The van der Waals surface area contributed by atoms with E-state index in [0.717, 1.165) is 12.1 Å². The van der Waals surface area contributed by atoms with E-state index in [0.29, 0.717) is 24.3 Å². The van der Waals surface area contributed by atoms with Crippen molar-refractivity contribution in [3.05, 3.63) is 69.8 Å². The van der Waals surface area contributed by atoms with E-state index in [1.807, 2.05) is 0 Å². The molecule has 0 atom stereocenters. The number of benzene rings is 2. The van der Waals surface area contributed by atoms with E-state index in [1.54, 1.807) is 0 Å². The fourth-order valence-corrected chi connectivity index (χ4v) is 3.81. The summed E-state index contributed by atoms with van der Waals surface area (Å²) >= 11 is 0. The first-order valence-corrected chi connectivity index (χ1v) is 8.25. The molecule has 2 aromatic rings. The number of rotatable bonds is 2. The zero-order valence-electron chi connectivity index (χ0n) is 14.7. The van der Waals surface area contributed by atoms with Crippen LogP contribution in [0.1, 0.15) is 52.6 Å². The summed E-state index contributed by atoms with van der Waals surface area (Å²) in [6, 6.07) is 3.82. The zero-order valence-corrected chi connectivity index (χ0v) is 14.7. The molecule has 0 N–H and O–H groups in total. The van der Waals surface area contributed by atoms with Crippen LogP contribution in [0, 0.1) is 0 Å². The lowest BCUT2D eigenvalue weighted by Gasteiger charge is -2.39. The first kappa shape index (κ1) is 20.6. The highest BCUT2D eigenvalue weighted by Gasteiger charge is 2.75. The fraction of sp³-hybridized carbons (Fsp3) is 0.158. The van der Waals surface area contributed by atoms with Crippen molar-refractivity contribution in [2.45, 2.75) is 17.8 Å². The molecule has 160 valence electrons. The quantitative estimate of drug-likeness (QED) is 0.399. The molecule has 0 unspecified atom stereocenters. The molecule has 0 saturated heterocycles. The average Bonchev–Trinajstić information content (AvgIpc) is 3.10. The molecule has 0 aliphatic carbocycles. The Hall–Kier alpha value is -3.70. The van der Waals surface area contributed by atoms with Crippen molar-refractivity contribution in [2.75, 3.05) is 0 Å². The summed E-state index contributed by atoms with van der Waals surface area (Å²) < 4.78 is 95.0. The summed E-state index contributed by atoms with van der Waals surface area (Å²) in [5, 5.41) is 0. The van der Waals surface area contributed by atoms with Crippen molar-refractivity contribution in [1.29, 1.82) is 0 Å². The number of carbonyl (C=O) groups is 4. The molecule has 31 heavy (non-hydrogen) atoms. The molecule has 2 aliphatic rings. The van der Waals surface area contributed by atoms with Gasteiger partial charge in [0, 0.05) is 0 Å². The number of carbonyl (C=O) groups excluding carboxylic acids is 4. The van der Waals surface area contributed by atoms with Gasteiger partial charge in [-0.1, -0.05) is 24.3 Å². The van der Waals surface area contributed by atoms with E-state index >= 15 is 0 Å². The predicted molar refractivity (Wildman–Crippen MR) is 85.3 cm³/mol. The minimum atomic E-state index is -6.19. The van der Waals surface area contributed by atoms with Crippen molar-refractivity contribution < 1.29 is 55.0 Å². The Morgan fingerprint density at radius 2 is 0.903 bits per heavy atom. The molecule has 12 heteroatoms. The van der Waals surface area contributed by atoms with Gasteiger partial charge in [-0.2, -0.15) is 26.3 Å². The van der Waals surface area contributed by atoms with Gasteiger partial charge in [0.25, 0.3) is 0 Å². The highest BCUT2D eigenvalue weighted by molar-refractivity contribution is 6.17. The number of hydrogen-bond acceptors (Lipinski definition) is 6. The van der Waals surface area contributed by atoms with Gasteiger partial charge < -0.3 is 9.47 Å². The second kappa shape index (κ2) is 6.15. The molecular weight excluding hydrogens is 438 g/mol. The molecule has 0 bridgehead atoms. The van der Waals surface area contributed by atoms with Gasteiger partial charge in [0.15, 0.2) is 0 Å². The minimum absolute atomic E-state index is 0.362. The Bertz CT molecular complexity index is 1100. The molecular formula is C19H6F6O6. The maximum absolute atomic E-state index is 14.4. The number of ether oxygens (including phenoxy) is 2. The second-order valence-electron chi connectivity index (χ2n) is 6.56. The maximum Gasteiger partial charge on any atom is 0.411 e. The predicted octanol–water partition coefficient (Wildman–Crippen LogP) is 3.72. The maximum atomic E-state index is 14.4. The number of halogens is 6. The highest BCUT2D eigenvalue weighted by atomic mass is 19.4. The normalized spacial score (nSPS) is 16.2. The molecule has 0 saturated carbocycles. The van der Waals surface area contributed by atoms with E-state index in [2.05, 4.69) is 9.47 Å². The zero-order chi connectivity index (χ0) is 22.9. The molecule has 0 amide bonds. The molecule has 0 aromatic heterocycles. The minimum Gasteiger partial charge on any atom is -0.386 e. The largest absolute Gasteiger partial charge is 0.411 e. The summed E-state index contributed by atoms with van der Waals surface area (Å²) in [7, 11) is 0. The average molecular weight is 444 g/mol. The standard InChI is InChI=1S/C19H6F6O6/c20-18(21,22)17(19(23,24)25,9-5-1-3-7-11(9)15(28)30-13(7)26)10-6-2-4-8-12(10)16(29)31-14(8)27/h1-6H. The van der Waals surface area contributed by atoms with Crippen LogP contribution in [0.5, 0.6) is 0 Å². The van der Waals surface area contributed by atoms with Crippen LogP contribution in [0.2, 0.25) is 0 Å². The summed E-state index contributed by atoms with van der Waals surface area (Å²) in [5.74, 6) is -6.26. The van der Waals surface area contributed by atoms with Gasteiger partial charge in [-0.3, -0.25) is 0 Å². The van der Waals surface area contributed by atoms with Crippen molar-refractivity contribution in [3.8, 4) is 0 Å². The first-order valence-electron chi connectivity index (χ1n) is 8.25. The van der Waals surface area contributed by atoms with Crippen molar-refractivity contribution in [1.82, 2.24) is 0 Å². The van der Waals surface area contributed by atoms with E-state index < -0.39 is 75.0 Å². The van der Waals surface area contributed by atoms with E-state index in [1.165, 1.54) is 0 Å². The van der Waals surface area contributed by atoms with Gasteiger partial charge in [-0.15, -0.1) is 0 Å². The molecule has 4 rings (SSSR count). The van der Waals surface area contributed by atoms with Gasteiger partial charge in [0.1, 0.15) is 0 Å². The Kier molecular flexibility index (Phi) is 4.08. The Morgan fingerprint density at radius 1 is 0.548 bits per heavy atom. The lowest BCUT2D eigenvalue weighted by molar-refractivity contribution is -0.288. The van der Waals surface area contributed by atoms with Crippen LogP contribution in [-0.2, 0) is 14.9 Å². The van der Waals surface area contributed by atoms with E-state index in [-0.39, 0.29) is 0 Å². The number of hydrogen-bond donors (Lipinski definition) is 0. The Labute approximate surface area is 167 Å². The van der Waals surface area contributed by atoms with Gasteiger partial charge in [0.2, 0.25) is 5.41 Å². The second-order valence-corrected chi connectivity index (χ2v) is 6.56. The first-order chi connectivity index (χ1) is 14.3. The molecule has 0 spiro atoms. The summed E-state index contributed by atoms with van der Waals surface area (Å²) in [6.45, 7) is 0. The van der Waals surface area contributed by atoms with Crippen molar-refractivity contribution in [2.24, 2.45) is 0 Å². The van der Waals surface area contributed by atoms with E-state index in [4.69, 9.17) is 0 Å². The van der Waals surface area contributed by atoms with Crippen LogP contribution < -0.4 is 0 Å². The lowest BCUT2D eigenvalue weighted by Crippen LogP contribution is -2.56. The van der Waals surface area contributed by atoms with Crippen LogP contribution in [0.15, 0.2) is 36.4 Å². The number of esters is 4. The topological polar surface area (TPSA) is 86.7 Å². The molecule has 0 radical (unpaired) electrons. The Morgan fingerprint density at radius 3 is 1.23 bits per heavy atom. The van der Waals surface area contributed by atoms with Crippen LogP contribution in [-0.4, -0.2) is 36.2 Å². The third-order valence-electron chi connectivity index (χ3n) is 5.01. The van der Waals surface area contributed by atoms with Crippen molar-refractivity contribution in [3.63, 3.8) is 0 Å². The lowest BCUT2D eigenvalue weighted by atomic mass is 9.69. The van der Waals surface area contributed by atoms with Crippen molar-refractivity contribution >= 4 is 23.9 Å². The smallest absolute Gasteiger partial charge is 0.386 e. The summed E-state index contributed by atoms with van der Waals surface area (Å²) in [6.07, 6.45) is -12.4. The van der Waals surface area contributed by atoms with Crippen LogP contribution in [0.4, 0.5) is 26.3 Å². The monoisotopic (exact) mass is 444 g/mol. The number of fused-ring (bicyclic) bond motifs is 2. The van der Waals surface area contributed by atoms with Crippen LogP contribution >= 0.6 is 0 Å². The van der Waals surface area contributed by atoms with Gasteiger partial charge in [0.05, 0.1) is 22.3 Å². The fourth-order valence-electron chi connectivity index (χ4n) is 3.81. The molecule has 2 aliphatic heterocycles. The molecule has 2 heterocycles. The number of alkyl halides is 6. The third-order valence-corrected chi connectivity index (χ3v) is 5.01. The number of cyclic esters (lactones) is 4. The SMILES string of the molecule is O=C1OC(=O)c2c1cccc2C(c1cccc2c1C(=O)OC2=O)(C(F)(F)F)C(F)(F)F.